The first-order valence-corrected chi connectivity index (χ1v) is 7.56. The molecular weight excluding hydrogens is 269 g/mol. The lowest BCUT2D eigenvalue weighted by Crippen LogP contribution is -2.38. The fourth-order valence-electron chi connectivity index (χ4n) is 2.97. The van der Waals surface area contributed by atoms with Gasteiger partial charge in [0.1, 0.15) is 5.82 Å². The summed E-state index contributed by atoms with van der Waals surface area (Å²) in [6.07, 6.45) is 0.969. The quantitative estimate of drug-likeness (QED) is 0.866. The van der Waals surface area contributed by atoms with Crippen LogP contribution in [0.5, 0.6) is 0 Å². The van der Waals surface area contributed by atoms with Crippen molar-refractivity contribution >= 4 is 11.6 Å². The summed E-state index contributed by atoms with van der Waals surface area (Å²) < 4.78 is 13.7. The van der Waals surface area contributed by atoms with Gasteiger partial charge in [-0.25, -0.2) is 4.39 Å². The number of carbonyl (C=O) groups is 1. The van der Waals surface area contributed by atoms with Gasteiger partial charge in [-0.1, -0.05) is 13.8 Å². The number of benzene rings is 1. The SMILES string of the molecule is CCN(CC)C1CCN(C(=O)c2cc(N)c(C)c(F)c2)C1. The number of likely N-dealkylation sites (tertiary alicyclic amines) is 1. The van der Waals surface area contributed by atoms with Gasteiger partial charge in [-0.05, 0) is 38.6 Å². The number of hydrogen-bond donors (Lipinski definition) is 1. The summed E-state index contributed by atoms with van der Waals surface area (Å²) in [7, 11) is 0. The van der Waals surface area contributed by atoms with Crippen molar-refractivity contribution in [2.75, 3.05) is 31.9 Å². The molecule has 1 heterocycles. The van der Waals surface area contributed by atoms with E-state index < -0.39 is 5.82 Å². The van der Waals surface area contributed by atoms with E-state index in [1.807, 2.05) is 0 Å². The van der Waals surface area contributed by atoms with Crippen molar-refractivity contribution in [3.8, 4) is 0 Å². The zero-order valence-electron chi connectivity index (χ0n) is 13.0. The molecule has 0 bridgehead atoms. The number of nitrogens with zero attached hydrogens (tertiary/aromatic N) is 2. The van der Waals surface area contributed by atoms with Gasteiger partial charge in [-0.3, -0.25) is 9.69 Å². The van der Waals surface area contributed by atoms with Crippen LogP contribution in [-0.2, 0) is 0 Å². The Labute approximate surface area is 125 Å². The highest BCUT2D eigenvalue weighted by atomic mass is 19.1. The van der Waals surface area contributed by atoms with E-state index in [0.29, 0.717) is 29.4 Å². The minimum Gasteiger partial charge on any atom is -0.398 e. The maximum Gasteiger partial charge on any atom is 0.254 e. The summed E-state index contributed by atoms with van der Waals surface area (Å²) in [6.45, 7) is 9.26. The van der Waals surface area contributed by atoms with E-state index in [1.165, 1.54) is 6.07 Å². The Morgan fingerprint density at radius 1 is 1.43 bits per heavy atom. The molecule has 1 atom stereocenters. The standard InChI is InChI=1S/C16H24FN3O/c1-4-19(5-2)13-6-7-20(10-13)16(21)12-8-14(17)11(3)15(18)9-12/h8-9,13H,4-7,10,18H2,1-3H3. The van der Waals surface area contributed by atoms with E-state index in [9.17, 15) is 9.18 Å². The van der Waals surface area contributed by atoms with E-state index in [1.54, 1.807) is 17.9 Å². The van der Waals surface area contributed by atoms with Crippen LogP contribution in [0.2, 0.25) is 0 Å². The van der Waals surface area contributed by atoms with Gasteiger partial charge < -0.3 is 10.6 Å². The van der Waals surface area contributed by atoms with Gasteiger partial charge in [0, 0.05) is 35.9 Å². The zero-order valence-corrected chi connectivity index (χ0v) is 13.0. The van der Waals surface area contributed by atoms with Crippen LogP contribution in [0.25, 0.3) is 0 Å². The first-order valence-electron chi connectivity index (χ1n) is 7.56. The molecule has 0 saturated carbocycles. The maximum absolute atomic E-state index is 13.7. The normalized spacial score (nSPS) is 18.5. The monoisotopic (exact) mass is 293 g/mol. The molecule has 4 nitrogen and oxygen atoms in total. The number of hydrogen-bond acceptors (Lipinski definition) is 3. The van der Waals surface area contributed by atoms with Crippen LogP contribution in [0.4, 0.5) is 10.1 Å². The van der Waals surface area contributed by atoms with Gasteiger partial charge in [0.05, 0.1) is 0 Å². The third kappa shape index (κ3) is 3.18. The highest BCUT2D eigenvalue weighted by molar-refractivity contribution is 5.95. The lowest BCUT2D eigenvalue weighted by Gasteiger charge is -2.26. The van der Waals surface area contributed by atoms with Gasteiger partial charge in [0.25, 0.3) is 5.91 Å². The average Bonchev–Trinajstić information content (AvgIpc) is 2.94. The summed E-state index contributed by atoms with van der Waals surface area (Å²) >= 11 is 0. The molecule has 1 fully saturated rings. The minimum absolute atomic E-state index is 0.129. The summed E-state index contributed by atoms with van der Waals surface area (Å²) in [5, 5.41) is 0. The molecule has 116 valence electrons. The van der Waals surface area contributed by atoms with Crippen molar-refractivity contribution in [1.29, 1.82) is 0 Å². The molecular formula is C16H24FN3O. The molecule has 2 rings (SSSR count). The lowest BCUT2D eigenvalue weighted by molar-refractivity contribution is 0.0777. The number of amides is 1. The fraction of sp³-hybridized carbons (Fsp3) is 0.562. The Morgan fingerprint density at radius 3 is 2.67 bits per heavy atom. The highest BCUT2D eigenvalue weighted by Gasteiger charge is 2.30. The summed E-state index contributed by atoms with van der Waals surface area (Å²) in [5.74, 6) is -0.548. The van der Waals surface area contributed by atoms with Crippen LogP contribution in [0.3, 0.4) is 0 Å². The molecule has 1 aromatic carbocycles. The molecule has 0 aromatic heterocycles. The second-order valence-electron chi connectivity index (χ2n) is 5.59. The molecule has 5 heteroatoms. The van der Waals surface area contributed by atoms with E-state index in [0.717, 1.165) is 26.1 Å². The number of halogens is 1. The van der Waals surface area contributed by atoms with Gasteiger partial charge in [0.2, 0.25) is 0 Å². The second-order valence-corrected chi connectivity index (χ2v) is 5.59. The number of anilines is 1. The van der Waals surface area contributed by atoms with Gasteiger partial charge in [-0.2, -0.15) is 0 Å². The van der Waals surface area contributed by atoms with Crippen LogP contribution in [0, 0.1) is 12.7 Å². The zero-order chi connectivity index (χ0) is 15.6. The number of nitrogen functional groups attached to an aromatic ring is 1. The Kier molecular flexibility index (Phi) is 4.83. The summed E-state index contributed by atoms with van der Waals surface area (Å²) in [5.41, 5.74) is 6.83. The number of nitrogens with two attached hydrogens (primary N) is 1. The molecule has 0 aliphatic carbocycles. The van der Waals surface area contributed by atoms with Crippen LogP contribution in [-0.4, -0.2) is 47.9 Å². The smallest absolute Gasteiger partial charge is 0.254 e. The topological polar surface area (TPSA) is 49.6 Å². The Hall–Kier alpha value is -1.62. The number of likely N-dealkylation sites (N-methyl/N-ethyl adjacent to an activating group) is 1. The predicted molar refractivity (Wildman–Crippen MR) is 82.8 cm³/mol. The molecule has 0 radical (unpaired) electrons. The van der Waals surface area contributed by atoms with Gasteiger partial charge in [0.15, 0.2) is 0 Å². The molecule has 2 N–H and O–H groups in total. The van der Waals surface area contributed by atoms with Crippen LogP contribution in [0.1, 0.15) is 36.2 Å². The van der Waals surface area contributed by atoms with Crippen LogP contribution >= 0.6 is 0 Å². The largest absolute Gasteiger partial charge is 0.398 e. The minimum atomic E-state index is -0.419. The van der Waals surface area contributed by atoms with E-state index in [2.05, 4.69) is 18.7 Å². The molecule has 1 amide bonds. The van der Waals surface area contributed by atoms with E-state index >= 15 is 0 Å². The van der Waals surface area contributed by atoms with Crippen molar-refractivity contribution in [3.05, 3.63) is 29.1 Å². The van der Waals surface area contributed by atoms with Crippen molar-refractivity contribution < 1.29 is 9.18 Å². The third-order valence-electron chi connectivity index (χ3n) is 4.41. The van der Waals surface area contributed by atoms with Crippen molar-refractivity contribution in [1.82, 2.24) is 9.80 Å². The molecule has 1 aromatic rings. The van der Waals surface area contributed by atoms with Gasteiger partial charge in [-0.15, -0.1) is 0 Å². The predicted octanol–water partition coefficient (Wildman–Crippen LogP) is 2.27. The second kappa shape index (κ2) is 6.43. The Bertz CT molecular complexity index is 505. The average molecular weight is 293 g/mol. The van der Waals surface area contributed by atoms with Crippen molar-refractivity contribution in [3.63, 3.8) is 0 Å². The highest BCUT2D eigenvalue weighted by Crippen LogP contribution is 2.22. The van der Waals surface area contributed by atoms with E-state index in [-0.39, 0.29) is 5.91 Å². The van der Waals surface area contributed by atoms with E-state index in [4.69, 9.17) is 5.73 Å². The maximum atomic E-state index is 13.7. The fourth-order valence-corrected chi connectivity index (χ4v) is 2.97. The first kappa shape index (κ1) is 15.8. The van der Waals surface area contributed by atoms with Crippen molar-refractivity contribution in [2.24, 2.45) is 0 Å². The number of carbonyl (C=O) groups excluding carboxylic acids is 1. The van der Waals surface area contributed by atoms with Gasteiger partial charge >= 0.3 is 0 Å². The van der Waals surface area contributed by atoms with Crippen LogP contribution in [0.15, 0.2) is 12.1 Å². The molecule has 1 saturated heterocycles. The molecule has 21 heavy (non-hydrogen) atoms. The first-order chi connectivity index (χ1) is 9.97. The molecule has 1 aliphatic heterocycles. The molecule has 1 unspecified atom stereocenters. The molecule has 0 spiro atoms. The summed E-state index contributed by atoms with van der Waals surface area (Å²) in [4.78, 5) is 16.6. The molecule has 1 aliphatic rings. The summed E-state index contributed by atoms with van der Waals surface area (Å²) in [6, 6.07) is 3.26. The van der Waals surface area contributed by atoms with Crippen LogP contribution < -0.4 is 5.73 Å². The third-order valence-corrected chi connectivity index (χ3v) is 4.41. The Morgan fingerprint density at radius 2 is 2.10 bits per heavy atom. The lowest BCUT2D eigenvalue weighted by atomic mass is 10.1. The number of rotatable bonds is 4. The van der Waals surface area contributed by atoms with Crippen molar-refractivity contribution in [2.45, 2.75) is 33.2 Å². The Balaban J connectivity index is 2.12.